The van der Waals surface area contributed by atoms with Crippen LogP contribution in [0.1, 0.15) is 16.4 Å². The van der Waals surface area contributed by atoms with Gasteiger partial charge < -0.3 is 14.6 Å². The second-order valence-electron chi connectivity index (χ2n) is 5.10. The maximum Gasteiger partial charge on any atom is 0.358 e. The Morgan fingerprint density at radius 2 is 2.15 bits per heavy atom. The van der Waals surface area contributed by atoms with Gasteiger partial charge in [0.05, 0.1) is 4.92 Å². The van der Waals surface area contributed by atoms with E-state index in [0.717, 1.165) is 0 Å². The summed E-state index contributed by atoms with van der Waals surface area (Å²) in [6.45, 7) is 3.91. The van der Waals surface area contributed by atoms with E-state index in [1.165, 1.54) is 35.6 Å². The van der Waals surface area contributed by atoms with Crippen LogP contribution in [0.5, 0.6) is 0 Å². The summed E-state index contributed by atoms with van der Waals surface area (Å²) in [6, 6.07) is 5.69. The predicted molar refractivity (Wildman–Crippen MR) is 96.3 cm³/mol. The summed E-state index contributed by atoms with van der Waals surface area (Å²) in [7, 11) is 0. The van der Waals surface area contributed by atoms with Crippen LogP contribution in [-0.4, -0.2) is 32.6 Å². The van der Waals surface area contributed by atoms with Gasteiger partial charge in [0.2, 0.25) is 5.82 Å². The molecule has 1 N–H and O–H groups in total. The largest absolute Gasteiger partial charge is 0.451 e. The average molecular weight is 387 g/mol. The molecule has 0 radical (unpaired) electrons. The van der Waals surface area contributed by atoms with Gasteiger partial charge >= 0.3 is 5.97 Å². The van der Waals surface area contributed by atoms with Crippen molar-refractivity contribution < 1.29 is 19.0 Å². The van der Waals surface area contributed by atoms with Gasteiger partial charge in [-0.25, -0.2) is 9.78 Å². The minimum atomic E-state index is -0.618. The fourth-order valence-corrected chi connectivity index (χ4v) is 2.66. The molecule has 10 nitrogen and oxygen atoms in total. The van der Waals surface area contributed by atoms with Gasteiger partial charge in [-0.05, 0) is 12.1 Å². The summed E-state index contributed by atoms with van der Waals surface area (Å²) in [6.07, 6.45) is 1.68. The van der Waals surface area contributed by atoms with Crippen molar-refractivity contribution in [2.45, 2.75) is 6.61 Å². The van der Waals surface area contributed by atoms with Crippen LogP contribution >= 0.6 is 11.3 Å². The van der Waals surface area contributed by atoms with E-state index in [2.05, 4.69) is 27.0 Å². The summed E-state index contributed by atoms with van der Waals surface area (Å²) in [4.78, 5) is 30.4. The first-order chi connectivity index (χ1) is 13.1. The first-order valence-corrected chi connectivity index (χ1v) is 8.49. The molecule has 1 aromatic carbocycles. The Bertz CT molecular complexity index is 966. The number of hydrogen-bond donors (Lipinski definition) is 1. The first kappa shape index (κ1) is 18.2. The molecule has 2 aromatic heterocycles. The van der Waals surface area contributed by atoms with Crippen LogP contribution in [0.4, 0.5) is 10.8 Å². The molecular formula is C16H13N5O5S. The van der Waals surface area contributed by atoms with Crippen LogP contribution < -0.4 is 5.32 Å². The molecule has 0 amide bonds. The van der Waals surface area contributed by atoms with Gasteiger partial charge in [-0.2, -0.15) is 4.98 Å². The lowest BCUT2D eigenvalue weighted by Crippen LogP contribution is -2.06. The lowest BCUT2D eigenvalue weighted by atomic mass is 10.2. The third-order valence-electron chi connectivity index (χ3n) is 3.24. The average Bonchev–Trinajstić information content (AvgIpc) is 3.34. The van der Waals surface area contributed by atoms with Crippen molar-refractivity contribution in [3.63, 3.8) is 0 Å². The second kappa shape index (κ2) is 8.19. The number of non-ortho nitro benzene ring substituents is 1. The molecule has 0 saturated carbocycles. The van der Waals surface area contributed by atoms with Crippen molar-refractivity contribution >= 4 is 28.1 Å². The quantitative estimate of drug-likeness (QED) is 0.268. The number of thiazole rings is 1. The van der Waals surface area contributed by atoms with Crippen molar-refractivity contribution in [2.24, 2.45) is 0 Å². The molecule has 0 bridgehead atoms. The van der Waals surface area contributed by atoms with Crippen LogP contribution in [0, 0.1) is 10.1 Å². The van der Waals surface area contributed by atoms with Crippen LogP contribution in [0.3, 0.4) is 0 Å². The highest BCUT2D eigenvalue weighted by molar-refractivity contribution is 7.13. The smallest absolute Gasteiger partial charge is 0.358 e. The molecular weight excluding hydrogens is 374 g/mol. The topological polar surface area (TPSA) is 133 Å². The van der Waals surface area contributed by atoms with E-state index < -0.39 is 10.9 Å². The van der Waals surface area contributed by atoms with Gasteiger partial charge in [-0.15, -0.1) is 17.9 Å². The minimum Gasteiger partial charge on any atom is -0.451 e. The highest BCUT2D eigenvalue weighted by atomic mass is 32.1. The van der Waals surface area contributed by atoms with Crippen LogP contribution in [0.2, 0.25) is 0 Å². The number of benzene rings is 1. The van der Waals surface area contributed by atoms with E-state index in [-0.39, 0.29) is 29.7 Å². The predicted octanol–water partition coefficient (Wildman–Crippen LogP) is 3.06. The number of esters is 1. The molecule has 0 aliphatic heterocycles. The van der Waals surface area contributed by atoms with E-state index in [9.17, 15) is 14.9 Å². The van der Waals surface area contributed by atoms with E-state index in [4.69, 9.17) is 9.26 Å². The number of carbonyl (C=O) groups is 1. The Morgan fingerprint density at radius 1 is 1.37 bits per heavy atom. The maximum atomic E-state index is 12.0. The van der Waals surface area contributed by atoms with Gasteiger partial charge in [0.15, 0.2) is 17.4 Å². The van der Waals surface area contributed by atoms with Gasteiger partial charge in [0, 0.05) is 29.6 Å². The summed E-state index contributed by atoms with van der Waals surface area (Å²) < 4.78 is 10.1. The Kier molecular flexibility index (Phi) is 5.52. The minimum absolute atomic E-state index is 0.0402. The van der Waals surface area contributed by atoms with Crippen molar-refractivity contribution in [3.05, 3.63) is 64.0 Å². The van der Waals surface area contributed by atoms with Gasteiger partial charge in [0.25, 0.3) is 11.6 Å². The fourth-order valence-electron chi connectivity index (χ4n) is 1.97. The Labute approximate surface area is 156 Å². The molecule has 0 saturated heterocycles. The molecule has 0 atom stereocenters. The normalized spacial score (nSPS) is 10.4. The number of hydrogen-bond acceptors (Lipinski definition) is 10. The van der Waals surface area contributed by atoms with Gasteiger partial charge in [-0.3, -0.25) is 10.1 Å². The molecule has 0 spiro atoms. The molecule has 0 aliphatic rings. The highest BCUT2D eigenvalue weighted by Gasteiger charge is 2.15. The number of carbonyl (C=O) groups excluding carboxylic acids is 1. The molecule has 27 heavy (non-hydrogen) atoms. The number of rotatable bonds is 8. The number of nitro groups is 1. The molecule has 138 valence electrons. The highest BCUT2D eigenvalue weighted by Crippen LogP contribution is 2.20. The third kappa shape index (κ3) is 4.52. The van der Waals surface area contributed by atoms with Crippen molar-refractivity contribution in [2.75, 3.05) is 11.9 Å². The second-order valence-corrected chi connectivity index (χ2v) is 5.96. The zero-order chi connectivity index (χ0) is 19.2. The maximum absolute atomic E-state index is 12.0. The molecule has 2 heterocycles. The fraction of sp³-hybridized carbons (Fsp3) is 0.125. The third-order valence-corrected chi connectivity index (χ3v) is 4.04. The van der Waals surface area contributed by atoms with Gasteiger partial charge in [-0.1, -0.05) is 11.2 Å². The number of nitrogens with one attached hydrogen (secondary N) is 1. The number of nitro benzene ring substituents is 1. The van der Waals surface area contributed by atoms with Crippen LogP contribution in [0.15, 0.2) is 46.8 Å². The number of anilines is 1. The Balaban J connectivity index is 1.59. The number of ether oxygens (including phenoxy) is 1. The lowest BCUT2D eigenvalue weighted by Gasteiger charge is -1.98. The molecule has 3 rings (SSSR count). The summed E-state index contributed by atoms with van der Waals surface area (Å²) >= 11 is 1.27. The summed E-state index contributed by atoms with van der Waals surface area (Å²) in [5.41, 5.74) is 0.669. The molecule has 0 aliphatic carbocycles. The molecule has 3 aromatic rings. The van der Waals surface area contributed by atoms with E-state index in [1.807, 2.05) is 0 Å². The Morgan fingerprint density at radius 3 is 2.85 bits per heavy atom. The lowest BCUT2D eigenvalue weighted by molar-refractivity contribution is -0.384. The summed E-state index contributed by atoms with van der Waals surface area (Å²) in [5.74, 6) is -0.287. The molecule has 0 fully saturated rings. The Hall–Kier alpha value is -3.60. The number of aromatic nitrogens is 3. The van der Waals surface area contributed by atoms with E-state index in [0.29, 0.717) is 17.2 Å². The van der Waals surface area contributed by atoms with Gasteiger partial charge in [0.1, 0.15) is 0 Å². The van der Waals surface area contributed by atoms with Crippen molar-refractivity contribution in [1.82, 2.24) is 15.1 Å². The van der Waals surface area contributed by atoms with E-state index in [1.54, 1.807) is 11.5 Å². The molecule has 0 unspecified atom stereocenters. The van der Waals surface area contributed by atoms with Crippen molar-refractivity contribution in [3.8, 4) is 11.4 Å². The first-order valence-electron chi connectivity index (χ1n) is 7.61. The SMILES string of the molecule is C=CCNc1nc(C(=O)OCc2nc(-c3ccc([N+](=O)[O-])cc3)no2)cs1. The van der Waals surface area contributed by atoms with Crippen LogP contribution in [0.25, 0.3) is 11.4 Å². The zero-order valence-electron chi connectivity index (χ0n) is 13.8. The standard InChI is InChI=1S/C16H13N5O5S/c1-2-7-17-16-18-12(9-27-16)15(22)25-8-13-19-14(20-26-13)10-3-5-11(6-4-10)21(23)24/h2-6,9H,1,7-8H2,(H,17,18). The molecule has 11 heteroatoms. The number of nitrogens with zero attached hydrogens (tertiary/aromatic N) is 4. The van der Waals surface area contributed by atoms with Crippen LogP contribution in [-0.2, 0) is 11.3 Å². The summed E-state index contributed by atoms with van der Waals surface area (Å²) in [5, 5.41) is 19.6. The van der Waals surface area contributed by atoms with E-state index >= 15 is 0 Å². The monoisotopic (exact) mass is 387 g/mol. The van der Waals surface area contributed by atoms with Crippen molar-refractivity contribution in [1.29, 1.82) is 0 Å². The zero-order valence-corrected chi connectivity index (χ0v) is 14.6.